The van der Waals surface area contributed by atoms with Crippen LogP contribution in [0.2, 0.25) is 0 Å². The summed E-state index contributed by atoms with van der Waals surface area (Å²) in [7, 11) is 2.17. The van der Waals surface area contributed by atoms with Crippen molar-refractivity contribution in [3.63, 3.8) is 0 Å². The molecule has 0 aliphatic carbocycles. The van der Waals surface area contributed by atoms with E-state index in [4.69, 9.17) is 4.98 Å². The number of fused-ring (bicyclic) bond motifs is 1. The number of hydrogen-bond donors (Lipinski definition) is 0. The van der Waals surface area contributed by atoms with Crippen LogP contribution in [-0.4, -0.2) is 4.98 Å². The molecule has 158 valence electrons. The predicted molar refractivity (Wildman–Crippen MR) is 131 cm³/mol. The number of rotatable bonds is 3. The Balaban J connectivity index is 1.78. The van der Waals surface area contributed by atoms with Crippen LogP contribution < -0.4 is 4.57 Å². The quantitative estimate of drug-likeness (QED) is 0.336. The van der Waals surface area contributed by atoms with Crippen LogP contribution in [0.25, 0.3) is 33.3 Å². The number of aryl methyl sites for hydroxylation is 3. The van der Waals surface area contributed by atoms with Gasteiger partial charge >= 0.3 is 0 Å². The van der Waals surface area contributed by atoms with Gasteiger partial charge in [-0.2, -0.15) is 4.57 Å². The van der Waals surface area contributed by atoms with Gasteiger partial charge in [0.1, 0.15) is 7.05 Å². The van der Waals surface area contributed by atoms with Gasteiger partial charge in [0, 0.05) is 40.5 Å². The summed E-state index contributed by atoms with van der Waals surface area (Å²) < 4.78 is 2.32. The highest BCUT2D eigenvalue weighted by Crippen LogP contribution is 2.28. The van der Waals surface area contributed by atoms with Crippen molar-refractivity contribution in [2.45, 2.75) is 48.0 Å². The van der Waals surface area contributed by atoms with Gasteiger partial charge in [-0.05, 0) is 73.6 Å². The first-order chi connectivity index (χ1) is 14.6. The standard InChI is InChI=1S/C29H33N2/c1-19-14-20(2)21(3)26(15-19)27-13-11-22-8-9-23(16-28(22)31(27)7)24-10-12-25(30-18-24)17-29(4,5)6/h8-16,18H,17H2,1-7H3/q+1. The number of aromatic nitrogens is 2. The summed E-state index contributed by atoms with van der Waals surface area (Å²) >= 11 is 0. The van der Waals surface area contributed by atoms with Crippen LogP contribution in [0.4, 0.5) is 0 Å². The minimum atomic E-state index is 0.244. The molecule has 0 spiro atoms. The summed E-state index contributed by atoms with van der Waals surface area (Å²) in [6.45, 7) is 13.3. The Morgan fingerprint density at radius 1 is 0.839 bits per heavy atom. The van der Waals surface area contributed by atoms with Gasteiger partial charge in [-0.1, -0.05) is 44.5 Å². The van der Waals surface area contributed by atoms with E-state index >= 15 is 0 Å². The van der Waals surface area contributed by atoms with Crippen LogP contribution in [0.15, 0.2) is 60.8 Å². The van der Waals surface area contributed by atoms with Crippen LogP contribution in [0.3, 0.4) is 0 Å². The van der Waals surface area contributed by atoms with Crippen molar-refractivity contribution in [1.82, 2.24) is 4.98 Å². The maximum atomic E-state index is 4.73. The Bertz CT molecular complexity index is 1260. The summed E-state index contributed by atoms with van der Waals surface area (Å²) in [5.74, 6) is 0. The predicted octanol–water partition coefficient (Wildman–Crippen LogP) is 6.91. The zero-order chi connectivity index (χ0) is 22.3. The normalized spacial score (nSPS) is 11.8. The third-order valence-corrected chi connectivity index (χ3v) is 6.13. The lowest BCUT2D eigenvalue weighted by Gasteiger charge is -2.17. The van der Waals surface area contributed by atoms with Gasteiger partial charge in [0.05, 0.1) is 0 Å². The summed E-state index contributed by atoms with van der Waals surface area (Å²) in [6.07, 6.45) is 3.00. The molecule has 4 rings (SSSR count). The van der Waals surface area contributed by atoms with Crippen molar-refractivity contribution >= 4 is 10.9 Å². The van der Waals surface area contributed by atoms with Crippen LogP contribution in [-0.2, 0) is 13.5 Å². The number of hydrogen-bond acceptors (Lipinski definition) is 1. The van der Waals surface area contributed by atoms with Gasteiger partial charge in [-0.15, -0.1) is 0 Å². The highest BCUT2D eigenvalue weighted by molar-refractivity contribution is 5.83. The highest BCUT2D eigenvalue weighted by atomic mass is 14.9. The fourth-order valence-corrected chi connectivity index (χ4v) is 4.38. The van der Waals surface area contributed by atoms with Gasteiger partial charge in [-0.25, -0.2) is 0 Å². The molecule has 2 heteroatoms. The van der Waals surface area contributed by atoms with E-state index in [1.54, 1.807) is 0 Å². The lowest BCUT2D eigenvalue weighted by molar-refractivity contribution is -0.633. The van der Waals surface area contributed by atoms with Gasteiger partial charge in [0.25, 0.3) is 0 Å². The SMILES string of the molecule is Cc1cc(C)c(C)c(-c2ccc3ccc(-c4ccc(CC(C)(C)C)nc4)cc3[n+]2C)c1. The van der Waals surface area contributed by atoms with E-state index in [1.165, 1.54) is 44.4 Å². The smallest absolute Gasteiger partial charge is 0.213 e. The lowest BCUT2D eigenvalue weighted by atomic mass is 9.90. The summed E-state index contributed by atoms with van der Waals surface area (Å²) in [4.78, 5) is 4.73. The zero-order valence-electron chi connectivity index (χ0n) is 19.9. The van der Waals surface area contributed by atoms with Gasteiger partial charge < -0.3 is 0 Å². The van der Waals surface area contributed by atoms with E-state index < -0.39 is 0 Å². The molecule has 0 amide bonds. The average Bonchev–Trinajstić information content (AvgIpc) is 2.70. The highest BCUT2D eigenvalue weighted by Gasteiger charge is 2.18. The molecule has 0 saturated carbocycles. The summed E-state index contributed by atoms with van der Waals surface area (Å²) in [5.41, 5.74) is 11.5. The van der Waals surface area contributed by atoms with Crippen LogP contribution in [0.1, 0.15) is 43.2 Å². The van der Waals surface area contributed by atoms with Gasteiger partial charge in [0.15, 0.2) is 0 Å². The molecule has 0 unspecified atom stereocenters. The van der Waals surface area contributed by atoms with Crippen molar-refractivity contribution in [1.29, 1.82) is 0 Å². The minimum Gasteiger partial charge on any atom is -0.261 e. The summed E-state index contributed by atoms with van der Waals surface area (Å²) in [6, 6.07) is 20.1. The van der Waals surface area contributed by atoms with Crippen molar-refractivity contribution in [2.24, 2.45) is 12.5 Å². The van der Waals surface area contributed by atoms with Crippen LogP contribution in [0, 0.1) is 26.2 Å². The van der Waals surface area contributed by atoms with E-state index in [0.717, 1.165) is 17.7 Å². The molecule has 0 bridgehead atoms. The third kappa shape index (κ3) is 4.39. The van der Waals surface area contributed by atoms with Crippen LogP contribution >= 0.6 is 0 Å². The second-order valence-electron chi connectivity index (χ2n) is 10.1. The first-order valence-corrected chi connectivity index (χ1v) is 11.1. The van der Waals surface area contributed by atoms with E-state index in [9.17, 15) is 0 Å². The number of nitrogens with zero attached hydrogens (tertiary/aromatic N) is 2. The molecule has 0 aliphatic heterocycles. The molecular formula is C29H33N2+. The molecular weight excluding hydrogens is 376 g/mol. The topological polar surface area (TPSA) is 16.8 Å². The third-order valence-electron chi connectivity index (χ3n) is 6.13. The molecule has 2 aromatic heterocycles. The molecule has 0 radical (unpaired) electrons. The van der Waals surface area contributed by atoms with Crippen molar-refractivity contribution < 1.29 is 4.57 Å². The van der Waals surface area contributed by atoms with E-state index in [1.807, 2.05) is 6.20 Å². The Morgan fingerprint density at radius 2 is 1.55 bits per heavy atom. The molecule has 2 aromatic carbocycles. The van der Waals surface area contributed by atoms with E-state index in [2.05, 4.69) is 108 Å². The van der Waals surface area contributed by atoms with Gasteiger partial charge in [-0.3, -0.25) is 4.98 Å². The maximum Gasteiger partial charge on any atom is 0.213 e. The lowest BCUT2D eigenvalue weighted by Crippen LogP contribution is -2.32. The molecule has 4 aromatic rings. The average molecular weight is 410 g/mol. The number of pyridine rings is 2. The molecule has 0 saturated heterocycles. The molecule has 2 nitrogen and oxygen atoms in total. The van der Waals surface area contributed by atoms with Gasteiger partial charge in [0.2, 0.25) is 11.2 Å². The fraction of sp³-hybridized carbons (Fsp3) is 0.310. The Morgan fingerprint density at radius 3 is 2.23 bits per heavy atom. The van der Waals surface area contributed by atoms with Crippen LogP contribution in [0.5, 0.6) is 0 Å². The Labute approximate surface area is 186 Å². The van der Waals surface area contributed by atoms with E-state index in [-0.39, 0.29) is 5.41 Å². The maximum absolute atomic E-state index is 4.73. The first-order valence-electron chi connectivity index (χ1n) is 11.1. The molecule has 2 heterocycles. The van der Waals surface area contributed by atoms with E-state index in [0.29, 0.717) is 0 Å². The van der Waals surface area contributed by atoms with Crippen molar-refractivity contribution in [3.05, 3.63) is 83.2 Å². The molecule has 31 heavy (non-hydrogen) atoms. The molecule has 0 atom stereocenters. The monoisotopic (exact) mass is 409 g/mol. The molecule has 0 aliphatic rings. The first kappa shape index (κ1) is 21.2. The van der Waals surface area contributed by atoms with Crippen molar-refractivity contribution in [3.8, 4) is 22.4 Å². The fourth-order valence-electron chi connectivity index (χ4n) is 4.38. The zero-order valence-corrected chi connectivity index (χ0v) is 19.9. The Hall–Kier alpha value is -3.00. The minimum absolute atomic E-state index is 0.244. The largest absolute Gasteiger partial charge is 0.261 e. The summed E-state index contributed by atoms with van der Waals surface area (Å²) in [5, 5.41) is 1.24. The second-order valence-corrected chi connectivity index (χ2v) is 10.1. The Kier molecular flexibility index (Phi) is 5.43. The molecule has 0 fully saturated rings. The number of benzene rings is 2. The van der Waals surface area contributed by atoms with Crippen molar-refractivity contribution in [2.75, 3.05) is 0 Å². The second kappa shape index (κ2) is 7.92. The molecule has 0 N–H and O–H groups in total.